The van der Waals surface area contributed by atoms with Gasteiger partial charge < -0.3 is 0 Å². The second kappa shape index (κ2) is 4.97. The van der Waals surface area contributed by atoms with Gasteiger partial charge in [0.05, 0.1) is 21.9 Å². The highest BCUT2D eigenvalue weighted by Gasteiger charge is 2.19. The van der Waals surface area contributed by atoms with Crippen molar-refractivity contribution in [2.45, 2.75) is 5.03 Å². The van der Waals surface area contributed by atoms with Gasteiger partial charge in [0.25, 0.3) is 10.0 Å². The van der Waals surface area contributed by atoms with Gasteiger partial charge in [-0.05, 0) is 18.2 Å². The van der Waals surface area contributed by atoms with Crippen molar-refractivity contribution >= 4 is 50.5 Å². The number of nitrogens with one attached hydrogen (secondary N) is 2. The van der Waals surface area contributed by atoms with E-state index in [0.29, 0.717) is 5.02 Å². The molecule has 0 aliphatic heterocycles. The fourth-order valence-electron chi connectivity index (χ4n) is 1.22. The zero-order valence-electron chi connectivity index (χ0n) is 8.62. The van der Waals surface area contributed by atoms with Crippen molar-refractivity contribution in [3.05, 3.63) is 39.5 Å². The van der Waals surface area contributed by atoms with E-state index in [1.807, 2.05) is 0 Å². The van der Waals surface area contributed by atoms with Crippen LogP contribution in [0.15, 0.2) is 29.4 Å². The number of H-pyrrole nitrogens is 1. The summed E-state index contributed by atoms with van der Waals surface area (Å²) in [5.41, 5.74) is 0.0670. The maximum absolute atomic E-state index is 11.9. The topological polar surface area (TPSA) is 74.8 Å². The van der Waals surface area contributed by atoms with Crippen molar-refractivity contribution in [1.29, 1.82) is 0 Å². The molecule has 1 heterocycles. The average molecular weight is 327 g/mol. The predicted octanol–water partition coefficient (Wildman–Crippen LogP) is 3.17. The Morgan fingerprint density at radius 2 is 1.78 bits per heavy atom. The lowest BCUT2D eigenvalue weighted by molar-refractivity contribution is 0.597. The first-order valence-corrected chi connectivity index (χ1v) is 7.18. The molecule has 0 bridgehead atoms. The zero-order valence-corrected chi connectivity index (χ0v) is 11.7. The summed E-state index contributed by atoms with van der Waals surface area (Å²) >= 11 is 17.5. The molecule has 0 aliphatic rings. The van der Waals surface area contributed by atoms with Gasteiger partial charge in [-0.3, -0.25) is 9.82 Å². The number of nitrogens with zero attached hydrogens (tertiary/aromatic N) is 1. The summed E-state index contributed by atoms with van der Waals surface area (Å²) in [6.45, 7) is 0. The van der Waals surface area contributed by atoms with Crippen molar-refractivity contribution in [2.24, 2.45) is 0 Å². The highest BCUT2D eigenvalue weighted by molar-refractivity contribution is 7.92. The number of aromatic nitrogens is 2. The maximum atomic E-state index is 11.9. The molecule has 0 unspecified atom stereocenters. The Kier molecular flexibility index (Phi) is 3.72. The molecule has 1 aromatic carbocycles. The third-order valence-corrected chi connectivity index (χ3v) is 4.10. The molecule has 18 heavy (non-hydrogen) atoms. The van der Waals surface area contributed by atoms with Crippen LogP contribution in [0.25, 0.3) is 0 Å². The first-order valence-electron chi connectivity index (χ1n) is 4.57. The van der Waals surface area contributed by atoms with Crippen LogP contribution in [0.1, 0.15) is 0 Å². The lowest BCUT2D eigenvalue weighted by Gasteiger charge is -2.10. The van der Waals surface area contributed by atoms with Gasteiger partial charge in [-0.25, -0.2) is 0 Å². The Labute approximate surface area is 118 Å². The van der Waals surface area contributed by atoms with Crippen molar-refractivity contribution in [1.82, 2.24) is 10.2 Å². The number of halogens is 3. The first-order chi connectivity index (χ1) is 8.40. The zero-order chi connectivity index (χ0) is 13.3. The van der Waals surface area contributed by atoms with Crippen LogP contribution < -0.4 is 4.72 Å². The highest BCUT2D eigenvalue weighted by Crippen LogP contribution is 2.34. The molecule has 0 spiro atoms. The molecule has 9 heteroatoms. The SMILES string of the molecule is O=S(=O)(Nc1c(Cl)cc(Cl)cc1Cl)c1ccn[nH]1. The lowest BCUT2D eigenvalue weighted by atomic mass is 10.3. The second-order valence-electron chi connectivity index (χ2n) is 3.27. The number of hydrogen-bond acceptors (Lipinski definition) is 3. The minimum Gasteiger partial charge on any atom is -0.275 e. The number of benzene rings is 1. The van der Waals surface area contributed by atoms with Crippen LogP contribution in [-0.2, 0) is 10.0 Å². The van der Waals surface area contributed by atoms with E-state index in [1.54, 1.807) is 0 Å². The molecule has 2 N–H and O–H groups in total. The lowest BCUT2D eigenvalue weighted by Crippen LogP contribution is -2.14. The maximum Gasteiger partial charge on any atom is 0.278 e. The van der Waals surface area contributed by atoms with Gasteiger partial charge in [0, 0.05) is 5.02 Å². The van der Waals surface area contributed by atoms with Gasteiger partial charge in [0.2, 0.25) is 0 Å². The third kappa shape index (κ3) is 2.72. The summed E-state index contributed by atoms with van der Waals surface area (Å²) in [4.78, 5) is 0. The smallest absolute Gasteiger partial charge is 0.275 e. The van der Waals surface area contributed by atoms with Crippen LogP contribution in [0, 0.1) is 0 Å². The van der Waals surface area contributed by atoms with E-state index in [9.17, 15) is 8.42 Å². The molecule has 1 aromatic heterocycles. The van der Waals surface area contributed by atoms with Crippen LogP contribution in [0.2, 0.25) is 15.1 Å². The molecule has 0 saturated heterocycles. The summed E-state index contributed by atoms with van der Waals surface area (Å²) in [6.07, 6.45) is 1.32. The van der Waals surface area contributed by atoms with Crippen molar-refractivity contribution in [2.75, 3.05) is 4.72 Å². The van der Waals surface area contributed by atoms with Crippen LogP contribution in [0.3, 0.4) is 0 Å². The van der Waals surface area contributed by atoms with E-state index in [-0.39, 0.29) is 20.8 Å². The average Bonchev–Trinajstić information content (AvgIpc) is 2.77. The molecule has 96 valence electrons. The Hall–Kier alpha value is -0.950. The molecule has 5 nitrogen and oxygen atoms in total. The van der Waals surface area contributed by atoms with Gasteiger partial charge in [0.15, 0.2) is 5.03 Å². The number of aromatic amines is 1. The molecule has 0 amide bonds. The van der Waals surface area contributed by atoms with Gasteiger partial charge in [-0.1, -0.05) is 34.8 Å². The van der Waals surface area contributed by atoms with Gasteiger partial charge in [-0.15, -0.1) is 0 Å². The number of anilines is 1. The highest BCUT2D eigenvalue weighted by atomic mass is 35.5. The molecule has 0 saturated carbocycles. The first kappa shape index (κ1) is 13.5. The Morgan fingerprint density at radius 3 is 2.28 bits per heavy atom. The molecule has 0 atom stereocenters. The van der Waals surface area contributed by atoms with Crippen LogP contribution in [0.4, 0.5) is 5.69 Å². The predicted molar refractivity (Wildman–Crippen MR) is 70.9 cm³/mol. The molecule has 0 radical (unpaired) electrons. The van der Waals surface area contributed by atoms with Crippen molar-refractivity contribution in [3.8, 4) is 0 Å². The fourth-order valence-corrected chi connectivity index (χ4v) is 3.26. The van der Waals surface area contributed by atoms with Gasteiger partial charge in [0.1, 0.15) is 0 Å². The van der Waals surface area contributed by atoms with Gasteiger partial charge in [-0.2, -0.15) is 13.5 Å². The second-order valence-corrected chi connectivity index (χ2v) is 6.17. The van der Waals surface area contributed by atoms with E-state index in [4.69, 9.17) is 34.8 Å². The van der Waals surface area contributed by atoms with Crippen molar-refractivity contribution < 1.29 is 8.42 Å². The Morgan fingerprint density at radius 1 is 1.17 bits per heavy atom. The van der Waals surface area contributed by atoms with E-state index < -0.39 is 10.0 Å². The van der Waals surface area contributed by atoms with Crippen LogP contribution in [-0.4, -0.2) is 18.6 Å². The summed E-state index contributed by atoms with van der Waals surface area (Å²) in [5, 5.41) is 6.33. The fraction of sp³-hybridized carbons (Fsp3) is 0. The van der Waals surface area contributed by atoms with Gasteiger partial charge >= 0.3 is 0 Å². The Bertz CT molecular complexity index is 647. The molecule has 0 fully saturated rings. The Balaban J connectivity index is 2.42. The van der Waals surface area contributed by atoms with Crippen molar-refractivity contribution in [3.63, 3.8) is 0 Å². The summed E-state index contributed by atoms with van der Waals surface area (Å²) < 4.78 is 26.1. The molecule has 2 rings (SSSR count). The number of rotatable bonds is 3. The number of sulfonamides is 1. The largest absolute Gasteiger partial charge is 0.278 e. The normalized spacial score (nSPS) is 11.5. The molecular formula is C9H6Cl3N3O2S. The molecule has 2 aromatic rings. The minimum absolute atomic E-state index is 0.0670. The summed E-state index contributed by atoms with van der Waals surface area (Å²) in [7, 11) is -3.81. The van der Waals surface area contributed by atoms with E-state index in [0.717, 1.165) is 0 Å². The van der Waals surface area contributed by atoms with E-state index in [1.165, 1.54) is 24.4 Å². The molecule has 0 aliphatic carbocycles. The molecular weight excluding hydrogens is 321 g/mol. The summed E-state index contributed by atoms with van der Waals surface area (Å²) in [6, 6.07) is 4.08. The summed E-state index contributed by atoms with van der Waals surface area (Å²) in [5.74, 6) is 0. The van der Waals surface area contributed by atoms with Crippen LogP contribution in [0.5, 0.6) is 0 Å². The quantitative estimate of drug-likeness (QED) is 0.909. The van der Waals surface area contributed by atoms with Crippen LogP contribution >= 0.6 is 34.8 Å². The minimum atomic E-state index is -3.81. The standard InChI is InChI=1S/C9H6Cl3N3O2S/c10-5-3-6(11)9(7(12)4-5)15-18(16,17)8-1-2-13-14-8/h1-4,15H,(H,13,14). The number of hydrogen-bond donors (Lipinski definition) is 2. The third-order valence-electron chi connectivity index (χ3n) is 2.01. The monoisotopic (exact) mass is 325 g/mol. The van der Waals surface area contributed by atoms with E-state index >= 15 is 0 Å². The van der Waals surface area contributed by atoms with E-state index in [2.05, 4.69) is 14.9 Å².